The van der Waals surface area contributed by atoms with Gasteiger partial charge in [-0.3, -0.25) is 4.79 Å². The Morgan fingerprint density at radius 3 is 2.82 bits per heavy atom. The molecule has 2 aromatic carbocycles. The highest BCUT2D eigenvalue weighted by Gasteiger charge is 2.34. The van der Waals surface area contributed by atoms with Crippen LogP contribution in [0.2, 0.25) is 4.34 Å². The molecule has 0 unspecified atom stereocenters. The van der Waals surface area contributed by atoms with Crippen LogP contribution in [0, 0.1) is 11.7 Å². The molecule has 3 aliphatic rings. The van der Waals surface area contributed by atoms with E-state index in [2.05, 4.69) is 33.3 Å². The fourth-order valence-electron chi connectivity index (χ4n) is 5.70. The topological polar surface area (TPSA) is 74.3 Å². The van der Waals surface area contributed by atoms with Crippen LogP contribution in [0.25, 0.3) is 10.1 Å². The van der Waals surface area contributed by atoms with Crippen LogP contribution in [0.5, 0.6) is 11.5 Å². The van der Waals surface area contributed by atoms with Gasteiger partial charge in [-0.15, -0.1) is 11.3 Å². The van der Waals surface area contributed by atoms with E-state index in [4.69, 9.17) is 21.1 Å². The first-order valence-corrected chi connectivity index (χ1v) is 14.4. The lowest BCUT2D eigenvalue weighted by Gasteiger charge is -2.30. The van der Waals surface area contributed by atoms with Gasteiger partial charge in [0.05, 0.1) is 16.3 Å². The van der Waals surface area contributed by atoms with E-state index in [1.807, 2.05) is 6.07 Å². The van der Waals surface area contributed by atoms with E-state index in [1.54, 1.807) is 17.4 Å². The van der Waals surface area contributed by atoms with Crippen LogP contribution in [-0.2, 0) is 4.79 Å². The van der Waals surface area contributed by atoms with Crippen molar-refractivity contribution in [1.82, 2.24) is 10.2 Å². The van der Waals surface area contributed by atoms with Gasteiger partial charge in [0.15, 0.2) is 17.3 Å². The van der Waals surface area contributed by atoms with Crippen LogP contribution < -0.4 is 19.7 Å². The molecule has 0 spiro atoms. The molecule has 3 aromatic rings. The summed E-state index contributed by atoms with van der Waals surface area (Å²) < 4.78 is 27.6. The minimum Gasteiger partial charge on any atom is -0.486 e. The zero-order valence-corrected chi connectivity index (χ0v) is 22.6. The molecule has 3 atom stereocenters. The number of ether oxygens (including phenoxy) is 2. The fourth-order valence-corrected chi connectivity index (χ4v) is 6.88. The van der Waals surface area contributed by atoms with E-state index in [1.165, 1.54) is 6.07 Å². The summed E-state index contributed by atoms with van der Waals surface area (Å²) in [6.45, 7) is 4.31. The number of hydrogen-bond donors (Lipinski definition) is 2. The summed E-state index contributed by atoms with van der Waals surface area (Å²) in [4.78, 5) is 17.9. The summed E-state index contributed by atoms with van der Waals surface area (Å²) in [5.74, 6) is -0.511. The van der Waals surface area contributed by atoms with Gasteiger partial charge in [0.2, 0.25) is 5.91 Å². The number of nitrogens with one attached hydrogen (secondary N) is 1. The molecule has 0 radical (unpaired) electrons. The molecule has 7 nitrogen and oxygen atoms in total. The van der Waals surface area contributed by atoms with Crippen LogP contribution in [0.4, 0.5) is 10.1 Å². The van der Waals surface area contributed by atoms with Crippen LogP contribution in [0.15, 0.2) is 36.4 Å². The van der Waals surface area contributed by atoms with Gasteiger partial charge in [-0.1, -0.05) is 17.7 Å². The molecule has 202 valence electrons. The number of carbonyl (C=O) groups excluding carboxylic acids is 1. The molecule has 0 saturated carbocycles. The lowest BCUT2D eigenvalue weighted by Crippen LogP contribution is -2.48. The van der Waals surface area contributed by atoms with E-state index in [0.717, 1.165) is 59.0 Å². The SMILES string of the molecule is O=C(N[C@H](CN1CCCC1)[C@H](O)c1cc(F)c2c(c1)OCCO2)[C@@H]1CCN(c2ccc3cc(Cl)sc3c2)C1. The second-order valence-electron chi connectivity index (χ2n) is 10.3. The number of thiophene rings is 1. The van der Waals surface area contributed by atoms with Crippen molar-refractivity contribution >= 4 is 44.6 Å². The van der Waals surface area contributed by atoms with E-state index in [0.29, 0.717) is 25.3 Å². The molecular formula is C28H31ClFN3O4S. The summed E-state index contributed by atoms with van der Waals surface area (Å²) in [6, 6.07) is 10.5. The second-order valence-corrected chi connectivity index (χ2v) is 12.0. The molecule has 0 bridgehead atoms. The average molecular weight is 560 g/mol. The molecule has 3 aliphatic heterocycles. The maximum Gasteiger partial charge on any atom is 0.225 e. The van der Waals surface area contributed by atoms with Gasteiger partial charge in [-0.25, -0.2) is 4.39 Å². The number of likely N-dealkylation sites (tertiary alicyclic amines) is 1. The molecule has 38 heavy (non-hydrogen) atoms. The number of fused-ring (bicyclic) bond motifs is 2. The lowest BCUT2D eigenvalue weighted by atomic mass is 9.99. The molecule has 10 heteroatoms. The molecule has 4 heterocycles. The molecule has 2 saturated heterocycles. The maximum atomic E-state index is 14.7. The van der Waals surface area contributed by atoms with Gasteiger partial charge in [-0.05, 0) is 73.6 Å². The Bertz CT molecular complexity index is 1330. The molecule has 2 N–H and O–H groups in total. The smallest absolute Gasteiger partial charge is 0.225 e. The summed E-state index contributed by atoms with van der Waals surface area (Å²) in [7, 11) is 0. The standard InChI is InChI=1S/C28H31ClFN3O4S/c29-25-13-17-3-4-20(14-24(17)38-25)33-8-5-18(15-33)28(35)31-22(16-32-6-1-2-7-32)26(34)19-11-21(30)27-23(12-19)36-9-10-37-27/h3-4,11-14,18,22,26,34H,1-2,5-10,15-16H2,(H,31,35)/t18-,22-,26-/m1/s1. The van der Waals surface area contributed by atoms with Gasteiger partial charge in [0.25, 0.3) is 0 Å². The van der Waals surface area contributed by atoms with Crippen LogP contribution >= 0.6 is 22.9 Å². The highest BCUT2D eigenvalue weighted by Crippen LogP contribution is 2.37. The number of halogens is 2. The summed E-state index contributed by atoms with van der Waals surface area (Å²) in [5.41, 5.74) is 1.44. The zero-order chi connectivity index (χ0) is 26.2. The number of hydrogen-bond acceptors (Lipinski definition) is 7. The highest BCUT2D eigenvalue weighted by molar-refractivity contribution is 7.22. The molecule has 6 rings (SSSR count). The molecule has 2 fully saturated rings. The first-order chi connectivity index (χ1) is 18.4. The molecule has 0 aliphatic carbocycles. The summed E-state index contributed by atoms with van der Waals surface area (Å²) >= 11 is 7.73. The third kappa shape index (κ3) is 5.30. The highest BCUT2D eigenvalue weighted by atomic mass is 35.5. The second kappa shape index (κ2) is 10.9. The Hall–Kier alpha value is -2.59. The normalized spacial score (nSPS) is 21.1. The average Bonchev–Trinajstić information content (AvgIpc) is 3.68. The van der Waals surface area contributed by atoms with Gasteiger partial charge in [0, 0.05) is 30.0 Å². The van der Waals surface area contributed by atoms with Crippen molar-refractivity contribution in [3.8, 4) is 11.5 Å². The van der Waals surface area contributed by atoms with Crippen LogP contribution in [-0.4, -0.2) is 67.9 Å². The number of aliphatic hydroxyl groups excluding tert-OH is 1. The Kier molecular flexibility index (Phi) is 7.35. The number of anilines is 1. The van der Waals surface area contributed by atoms with Crippen LogP contribution in [0.1, 0.15) is 30.9 Å². The van der Waals surface area contributed by atoms with Gasteiger partial charge < -0.3 is 29.7 Å². The predicted molar refractivity (Wildman–Crippen MR) is 147 cm³/mol. The van der Waals surface area contributed by atoms with Crippen molar-refractivity contribution in [2.24, 2.45) is 5.92 Å². The van der Waals surface area contributed by atoms with E-state index < -0.39 is 18.0 Å². The third-order valence-corrected chi connectivity index (χ3v) is 8.95. The molecular weight excluding hydrogens is 529 g/mol. The number of nitrogens with zero attached hydrogens (tertiary/aromatic N) is 2. The van der Waals surface area contributed by atoms with E-state index >= 15 is 0 Å². The first-order valence-electron chi connectivity index (χ1n) is 13.2. The first kappa shape index (κ1) is 25.7. The summed E-state index contributed by atoms with van der Waals surface area (Å²) in [6.07, 6.45) is 1.81. The van der Waals surface area contributed by atoms with E-state index in [-0.39, 0.29) is 29.9 Å². The number of amides is 1. The number of benzene rings is 2. The molecule has 1 aromatic heterocycles. The Balaban J connectivity index is 1.17. The summed E-state index contributed by atoms with van der Waals surface area (Å²) in [5, 5.41) is 15.6. The van der Waals surface area contributed by atoms with Gasteiger partial charge in [0.1, 0.15) is 19.3 Å². The van der Waals surface area contributed by atoms with Gasteiger partial charge >= 0.3 is 0 Å². The number of rotatable bonds is 7. The lowest BCUT2D eigenvalue weighted by molar-refractivity contribution is -0.126. The Labute approximate surface area is 230 Å². The van der Waals surface area contributed by atoms with Crippen molar-refractivity contribution in [3.05, 3.63) is 52.1 Å². The third-order valence-electron chi connectivity index (χ3n) is 7.72. The zero-order valence-electron chi connectivity index (χ0n) is 21.0. The van der Waals surface area contributed by atoms with Crippen molar-refractivity contribution < 1.29 is 23.8 Å². The minimum absolute atomic E-state index is 0.0707. The van der Waals surface area contributed by atoms with Crippen molar-refractivity contribution in [3.63, 3.8) is 0 Å². The largest absolute Gasteiger partial charge is 0.486 e. The van der Waals surface area contributed by atoms with E-state index in [9.17, 15) is 14.3 Å². The maximum absolute atomic E-state index is 14.7. The van der Waals surface area contributed by atoms with Gasteiger partial charge in [-0.2, -0.15) is 0 Å². The Morgan fingerprint density at radius 2 is 1.97 bits per heavy atom. The molecule has 1 amide bonds. The quantitative estimate of drug-likeness (QED) is 0.440. The predicted octanol–water partition coefficient (Wildman–Crippen LogP) is 4.61. The van der Waals surface area contributed by atoms with Crippen LogP contribution in [0.3, 0.4) is 0 Å². The number of aliphatic hydroxyl groups is 1. The minimum atomic E-state index is -1.09. The Morgan fingerprint density at radius 1 is 1.16 bits per heavy atom. The fraction of sp³-hybridized carbons (Fsp3) is 0.464. The van der Waals surface area contributed by atoms with Crippen molar-refractivity contribution in [1.29, 1.82) is 0 Å². The van der Waals surface area contributed by atoms with Crippen molar-refractivity contribution in [2.75, 3.05) is 50.8 Å². The monoisotopic (exact) mass is 559 g/mol. The number of carbonyl (C=O) groups is 1. The van der Waals surface area contributed by atoms with Crippen molar-refractivity contribution in [2.45, 2.75) is 31.4 Å².